The number of hydrogen-bond donors (Lipinski definition) is 1. The van der Waals surface area contributed by atoms with Gasteiger partial charge in [-0.3, -0.25) is 4.79 Å². The number of amides is 1. The molecule has 0 saturated carbocycles. The van der Waals surface area contributed by atoms with Crippen LogP contribution in [0.5, 0.6) is 5.75 Å². The van der Waals surface area contributed by atoms with Crippen molar-refractivity contribution in [1.82, 2.24) is 9.61 Å². The summed E-state index contributed by atoms with van der Waals surface area (Å²) in [6, 6.07) is 3.53. The van der Waals surface area contributed by atoms with E-state index >= 15 is 0 Å². The van der Waals surface area contributed by atoms with Gasteiger partial charge in [-0.15, -0.1) is 0 Å². The Morgan fingerprint density at radius 2 is 2.43 bits per heavy atom. The zero-order valence-corrected chi connectivity index (χ0v) is 7.60. The van der Waals surface area contributed by atoms with Crippen LogP contribution in [0.4, 0.5) is 0 Å². The van der Waals surface area contributed by atoms with Crippen LogP contribution < -0.4 is 10.5 Å². The molecule has 0 aliphatic heterocycles. The molecule has 5 nitrogen and oxygen atoms in total. The average molecular weight is 191 g/mol. The maximum Gasteiger partial charge on any atom is 0.252 e. The van der Waals surface area contributed by atoms with Gasteiger partial charge in [0.05, 0.1) is 18.9 Å². The van der Waals surface area contributed by atoms with E-state index in [2.05, 4.69) is 5.10 Å². The van der Waals surface area contributed by atoms with Gasteiger partial charge < -0.3 is 10.5 Å². The monoisotopic (exact) mass is 191 g/mol. The highest BCUT2D eigenvalue weighted by atomic mass is 16.5. The molecular weight excluding hydrogens is 182 g/mol. The maximum absolute atomic E-state index is 11.1. The van der Waals surface area contributed by atoms with Gasteiger partial charge in [0, 0.05) is 6.20 Å². The number of carbonyl (C=O) groups excluding carboxylic acids is 1. The molecule has 0 aliphatic rings. The first-order valence-corrected chi connectivity index (χ1v) is 4.04. The summed E-state index contributed by atoms with van der Waals surface area (Å²) in [7, 11) is 1.53. The zero-order valence-electron chi connectivity index (χ0n) is 7.60. The first-order chi connectivity index (χ1) is 6.74. The van der Waals surface area contributed by atoms with E-state index in [1.54, 1.807) is 22.8 Å². The van der Waals surface area contributed by atoms with Crippen LogP contribution in [0.25, 0.3) is 5.52 Å². The molecule has 0 unspecified atom stereocenters. The summed E-state index contributed by atoms with van der Waals surface area (Å²) in [6.45, 7) is 0. The second kappa shape index (κ2) is 3.02. The molecule has 0 spiro atoms. The van der Waals surface area contributed by atoms with Crippen molar-refractivity contribution in [3.05, 3.63) is 30.1 Å². The molecule has 0 atom stereocenters. The smallest absolute Gasteiger partial charge is 0.252 e. The van der Waals surface area contributed by atoms with Crippen molar-refractivity contribution >= 4 is 11.4 Å². The number of ether oxygens (including phenoxy) is 1. The molecule has 2 N–H and O–H groups in total. The van der Waals surface area contributed by atoms with Crippen LogP contribution in [0.15, 0.2) is 24.5 Å². The number of pyridine rings is 1. The zero-order chi connectivity index (χ0) is 10.1. The summed E-state index contributed by atoms with van der Waals surface area (Å²) in [4.78, 5) is 11.1. The van der Waals surface area contributed by atoms with E-state index in [-0.39, 0.29) is 0 Å². The molecule has 2 heterocycles. The number of primary amides is 1. The van der Waals surface area contributed by atoms with Crippen molar-refractivity contribution in [3.63, 3.8) is 0 Å². The Labute approximate surface area is 80.1 Å². The molecule has 5 heteroatoms. The predicted molar refractivity (Wildman–Crippen MR) is 50.3 cm³/mol. The van der Waals surface area contributed by atoms with E-state index in [4.69, 9.17) is 10.5 Å². The van der Waals surface area contributed by atoms with Gasteiger partial charge in [0.25, 0.3) is 5.91 Å². The highest BCUT2D eigenvalue weighted by molar-refractivity contribution is 6.01. The van der Waals surface area contributed by atoms with Crippen LogP contribution in [0.2, 0.25) is 0 Å². The first kappa shape index (κ1) is 8.55. The largest absolute Gasteiger partial charge is 0.494 e. The third-order valence-electron chi connectivity index (χ3n) is 1.99. The minimum absolute atomic E-state index is 0.363. The molecule has 1 amide bonds. The van der Waals surface area contributed by atoms with Gasteiger partial charge in [-0.25, -0.2) is 4.52 Å². The van der Waals surface area contributed by atoms with Gasteiger partial charge >= 0.3 is 0 Å². The molecule has 0 fully saturated rings. The second-order valence-electron chi connectivity index (χ2n) is 2.79. The van der Waals surface area contributed by atoms with Gasteiger partial charge in [0.1, 0.15) is 11.3 Å². The maximum atomic E-state index is 11.1. The second-order valence-corrected chi connectivity index (χ2v) is 2.79. The fraction of sp³-hybridized carbons (Fsp3) is 0.111. The number of fused-ring (bicyclic) bond motifs is 1. The average Bonchev–Trinajstić information content (AvgIpc) is 2.60. The molecule has 0 bridgehead atoms. The number of rotatable bonds is 2. The van der Waals surface area contributed by atoms with Crippen LogP contribution in [-0.4, -0.2) is 22.6 Å². The number of hydrogen-bond acceptors (Lipinski definition) is 3. The molecule has 2 aromatic rings. The van der Waals surface area contributed by atoms with Crippen LogP contribution >= 0.6 is 0 Å². The summed E-state index contributed by atoms with van der Waals surface area (Å²) in [5.41, 5.74) is 6.16. The van der Waals surface area contributed by atoms with Gasteiger partial charge in [0.2, 0.25) is 0 Å². The fourth-order valence-corrected chi connectivity index (χ4v) is 1.36. The van der Waals surface area contributed by atoms with Gasteiger partial charge in [-0.2, -0.15) is 5.10 Å². The normalized spacial score (nSPS) is 10.4. The van der Waals surface area contributed by atoms with Crippen LogP contribution in [0.3, 0.4) is 0 Å². The number of nitrogens with zero attached hydrogens (tertiary/aromatic N) is 2. The summed E-state index contributed by atoms with van der Waals surface area (Å²) in [5, 5.41) is 3.98. The molecule has 0 saturated heterocycles. The third kappa shape index (κ3) is 1.10. The number of methoxy groups -OCH3 is 1. The Morgan fingerprint density at radius 3 is 3.07 bits per heavy atom. The lowest BCUT2D eigenvalue weighted by molar-refractivity contribution is 0.100. The minimum atomic E-state index is -0.510. The molecule has 2 rings (SSSR count). The lowest BCUT2D eigenvalue weighted by Gasteiger charge is -2.02. The van der Waals surface area contributed by atoms with Gasteiger partial charge in [0.15, 0.2) is 0 Å². The van der Waals surface area contributed by atoms with Crippen LogP contribution in [-0.2, 0) is 0 Å². The molecule has 2 aromatic heterocycles. The van der Waals surface area contributed by atoms with E-state index < -0.39 is 5.91 Å². The van der Waals surface area contributed by atoms with E-state index in [1.165, 1.54) is 13.3 Å². The van der Waals surface area contributed by atoms with Crippen molar-refractivity contribution in [2.45, 2.75) is 0 Å². The van der Waals surface area contributed by atoms with Crippen molar-refractivity contribution in [2.75, 3.05) is 7.11 Å². The predicted octanol–water partition coefficient (Wildman–Crippen LogP) is 0.442. The van der Waals surface area contributed by atoms with Crippen molar-refractivity contribution in [2.24, 2.45) is 5.73 Å². The summed E-state index contributed by atoms with van der Waals surface area (Å²) in [5.74, 6) is 0.0725. The highest BCUT2D eigenvalue weighted by Gasteiger charge is 2.12. The van der Waals surface area contributed by atoms with Crippen molar-refractivity contribution in [3.8, 4) is 5.75 Å². The fourth-order valence-electron chi connectivity index (χ4n) is 1.36. The van der Waals surface area contributed by atoms with Crippen LogP contribution in [0, 0.1) is 0 Å². The lowest BCUT2D eigenvalue weighted by atomic mass is 10.2. The summed E-state index contributed by atoms with van der Waals surface area (Å²) >= 11 is 0. The Hall–Kier alpha value is -2.04. The Balaban J connectivity index is 2.81. The minimum Gasteiger partial charge on any atom is -0.494 e. The Bertz CT molecular complexity index is 490. The standard InChI is InChI=1S/C9H9N3O2/c1-14-7-3-2-4-12-8(7)6(5-11-12)9(10)13/h2-5H,1H3,(H2,10,13). The highest BCUT2D eigenvalue weighted by Crippen LogP contribution is 2.21. The van der Waals surface area contributed by atoms with E-state index in [0.29, 0.717) is 16.8 Å². The molecule has 14 heavy (non-hydrogen) atoms. The first-order valence-electron chi connectivity index (χ1n) is 4.04. The van der Waals surface area contributed by atoms with Crippen LogP contribution in [0.1, 0.15) is 10.4 Å². The molecular formula is C9H9N3O2. The Morgan fingerprint density at radius 1 is 1.64 bits per heavy atom. The van der Waals surface area contributed by atoms with E-state index in [9.17, 15) is 4.79 Å². The van der Waals surface area contributed by atoms with Gasteiger partial charge in [-0.1, -0.05) is 0 Å². The van der Waals surface area contributed by atoms with E-state index in [0.717, 1.165) is 0 Å². The van der Waals surface area contributed by atoms with Crippen molar-refractivity contribution < 1.29 is 9.53 Å². The number of aromatic nitrogens is 2. The molecule has 0 aliphatic carbocycles. The number of carbonyl (C=O) groups is 1. The summed E-state index contributed by atoms with van der Waals surface area (Å²) in [6.07, 6.45) is 3.16. The van der Waals surface area contributed by atoms with Crippen molar-refractivity contribution in [1.29, 1.82) is 0 Å². The molecule has 0 radical (unpaired) electrons. The third-order valence-corrected chi connectivity index (χ3v) is 1.99. The lowest BCUT2D eigenvalue weighted by Crippen LogP contribution is -2.10. The topological polar surface area (TPSA) is 69.6 Å². The molecule has 0 aromatic carbocycles. The van der Waals surface area contributed by atoms with Gasteiger partial charge in [-0.05, 0) is 12.1 Å². The number of nitrogens with two attached hydrogens (primary N) is 1. The molecule has 72 valence electrons. The Kier molecular flexibility index (Phi) is 1.85. The summed E-state index contributed by atoms with van der Waals surface area (Å²) < 4.78 is 6.66. The van der Waals surface area contributed by atoms with E-state index in [1.807, 2.05) is 0 Å². The SMILES string of the molecule is COc1cccn2ncc(C(N)=O)c12. The quantitative estimate of drug-likeness (QED) is 0.748.